The van der Waals surface area contributed by atoms with Gasteiger partial charge in [-0.1, -0.05) is 182 Å². The monoisotopic (exact) mass is 765 g/mol. The van der Waals surface area contributed by atoms with Gasteiger partial charge in [0.15, 0.2) is 0 Å². The van der Waals surface area contributed by atoms with Crippen LogP contribution in [0.3, 0.4) is 0 Å². The Morgan fingerprint density at radius 1 is 0.283 bits per heavy atom. The van der Waals surface area contributed by atoms with Crippen molar-refractivity contribution in [2.75, 3.05) is 0 Å². The van der Waals surface area contributed by atoms with E-state index in [9.17, 15) is 0 Å². The largest absolute Gasteiger partial charge is 0.309 e. The van der Waals surface area contributed by atoms with Gasteiger partial charge in [0.1, 0.15) is 0 Å². The van der Waals surface area contributed by atoms with Crippen LogP contribution in [0.1, 0.15) is 0 Å². The average molecular weight is 766 g/mol. The summed E-state index contributed by atoms with van der Waals surface area (Å²) in [6.45, 7) is 0. The quantitative estimate of drug-likeness (QED) is 0.151. The molecule has 0 amide bonds. The molecule has 282 valence electrons. The van der Waals surface area contributed by atoms with Gasteiger partial charge in [-0.25, -0.2) is 4.68 Å². The summed E-state index contributed by atoms with van der Waals surface area (Å²) in [4.78, 5) is 0. The summed E-state index contributed by atoms with van der Waals surface area (Å²) in [7, 11) is 0. The van der Waals surface area contributed by atoms with Gasteiger partial charge in [0.2, 0.25) is 0 Å². The van der Waals surface area contributed by atoms with Crippen molar-refractivity contribution < 1.29 is 0 Å². The lowest BCUT2D eigenvalue weighted by atomic mass is 9.89. The summed E-state index contributed by atoms with van der Waals surface area (Å²) in [5, 5.41) is 7.60. The molecule has 0 N–H and O–H groups in total. The van der Waals surface area contributed by atoms with Crippen LogP contribution in [0.4, 0.5) is 0 Å². The minimum Gasteiger partial charge on any atom is -0.309 e. The number of hydrogen-bond donors (Lipinski definition) is 0. The molecule has 0 saturated carbocycles. The first-order valence-electron chi connectivity index (χ1n) is 20.5. The summed E-state index contributed by atoms with van der Waals surface area (Å²) >= 11 is 0. The molecule has 0 aliphatic rings. The lowest BCUT2D eigenvalue weighted by molar-refractivity contribution is 0.892. The zero-order valence-electron chi connectivity index (χ0n) is 32.9. The number of para-hydroxylation sites is 1. The van der Waals surface area contributed by atoms with Crippen molar-refractivity contribution in [2.24, 2.45) is 0 Å². The van der Waals surface area contributed by atoms with E-state index >= 15 is 0 Å². The number of benzene rings is 9. The van der Waals surface area contributed by atoms with Crippen LogP contribution < -0.4 is 0 Å². The van der Waals surface area contributed by atoms with Crippen molar-refractivity contribution in [3.05, 3.63) is 237 Å². The molecule has 11 aromatic rings. The zero-order valence-corrected chi connectivity index (χ0v) is 32.9. The van der Waals surface area contributed by atoms with E-state index in [2.05, 4.69) is 240 Å². The Hall–Kier alpha value is -8.01. The van der Waals surface area contributed by atoms with Crippen molar-refractivity contribution in [2.45, 2.75) is 0 Å². The molecule has 0 fully saturated rings. The fourth-order valence-corrected chi connectivity index (χ4v) is 8.72. The number of fused-ring (bicyclic) bond motifs is 3. The molecule has 0 spiro atoms. The summed E-state index contributed by atoms with van der Waals surface area (Å²) in [5.74, 6) is 0. The number of aromatic nitrogens is 3. The Bertz CT molecular complexity index is 3270. The molecule has 0 atom stereocenters. The van der Waals surface area contributed by atoms with Gasteiger partial charge in [-0.2, -0.15) is 5.10 Å². The van der Waals surface area contributed by atoms with Crippen molar-refractivity contribution in [3.63, 3.8) is 0 Å². The molecule has 0 saturated heterocycles. The molecule has 9 aromatic carbocycles. The van der Waals surface area contributed by atoms with E-state index in [-0.39, 0.29) is 0 Å². The van der Waals surface area contributed by atoms with Gasteiger partial charge in [-0.3, -0.25) is 0 Å². The Morgan fingerprint density at radius 3 is 1.33 bits per heavy atom. The topological polar surface area (TPSA) is 22.8 Å². The van der Waals surface area contributed by atoms with Gasteiger partial charge in [0, 0.05) is 27.6 Å². The number of rotatable bonds is 8. The Balaban J connectivity index is 1.01. The third-order valence-corrected chi connectivity index (χ3v) is 11.6. The Labute approximate surface area is 349 Å². The van der Waals surface area contributed by atoms with Crippen molar-refractivity contribution >= 4 is 21.8 Å². The fraction of sp³-hybridized carbons (Fsp3) is 0. The van der Waals surface area contributed by atoms with Gasteiger partial charge in [0.05, 0.1) is 28.1 Å². The van der Waals surface area contributed by atoms with E-state index in [1.165, 1.54) is 60.8 Å². The van der Waals surface area contributed by atoms with Crippen LogP contribution in [0.15, 0.2) is 237 Å². The highest BCUT2D eigenvalue weighted by atomic mass is 15.3. The third-order valence-electron chi connectivity index (χ3n) is 11.6. The van der Waals surface area contributed by atoms with Crippen LogP contribution in [0.5, 0.6) is 0 Å². The first kappa shape index (κ1) is 35.2. The van der Waals surface area contributed by atoms with E-state index in [0.29, 0.717) is 0 Å². The molecule has 0 radical (unpaired) electrons. The first-order chi connectivity index (χ1) is 29.8. The molecule has 0 unspecified atom stereocenters. The second kappa shape index (κ2) is 15.1. The minimum absolute atomic E-state index is 0.944. The predicted octanol–water partition coefficient (Wildman–Crippen LogP) is 15.0. The molecular formula is C57H39N3. The smallest absolute Gasteiger partial charge is 0.0934 e. The highest BCUT2D eigenvalue weighted by Gasteiger charge is 2.18. The summed E-state index contributed by atoms with van der Waals surface area (Å²) < 4.78 is 4.46. The van der Waals surface area contributed by atoms with Crippen LogP contribution >= 0.6 is 0 Å². The molecule has 0 bridgehead atoms. The van der Waals surface area contributed by atoms with E-state index in [0.717, 1.165) is 39.5 Å². The van der Waals surface area contributed by atoms with Gasteiger partial charge in [-0.05, 0) is 99.1 Å². The number of hydrogen-bond acceptors (Lipinski definition) is 1. The van der Waals surface area contributed by atoms with Gasteiger partial charge >= 0.3 is 0 Å². The van der Waals surface area contributed by atoms with Gasteiger partial charge in [0.25, 0.3) is 0 Å². The molecule has 0 aliphatic heterocycles. The normalized spacial score (nSPS) is 11.3. The van der Waals surface area contributed by atoms with E-state index in [1.807, 2.05) is 6.07 Å². The lowest BCUT2D eigenvalue weighted by Gasteiger charge is -2.16. The highest BCUT2D eigenvalue weighted by Crippen LogP contribution is 2.42. The summed E-state index contributed by atoms with van der Waals surface area (Å²) in [5.41, 5.74) is 18.3. The van der Waals surface area contributed by atoms with Crippen LogP contribution in [-0.2, 0) is 0 Å². The van der Waals surface area contributed by atoms with Crippen LogP contribution in [0.2, 0.25) is 0 Å². The Morgan fingerprint density at radius 2 is 0.733 bits per heavy atom. The second-order valence-electron chi connectivity index (χ2n) is 15.2. The SMILES string of the molecule is c1ccc(-c2ccc3c(c2)c2cc(-c4ccccc4-c4ccccc4-c4ccc(-n5nc(-c6ccccc6)cc5-c5ccccc5)cc4)ccc2n3-c2ccccc2)cc1. The molecule has 60 heavy (non-hydrogen) atoms. The number of nitrogens with zero attached hydrogens (tertiary/aromatic N) is 3. The van der Waals surface area contributed by atoms with Crippen molar-refractivity contribution in [1.29, 1.82) is 0 Å². The highest BCUT2D eigenvalue weighted by molar-refractivity contribution is 6.12. The lowest BCUT2D eigenvalue weighted by Crippen LogP contribution is -1.99. The zero-order chi connectivity index (χ0) is 39.8. The standard InChI is InChI=1S/C57H39N3/c1-5-17-40(18-6-1)44-31-35-55-52(37-44)53-38-45(32-36-56(53)59(55)46-23-11-4-12-24-46)49-26-14-16-28-51(49)50-27-15-13-25-48(50)41-29-33-47(34-30-41)60-57(43-21-9-3-10-22-43)39-54(58-60)42-19-7-2-8-20-42/h1-39H. The first-order valence-corrected chi connectivity index (χ1v) is 20.5. The van der Waals surface area contributed by atoms with Crippen molar-refractivity contribution in [3.8, 4) is 78.4 Å². The molecule has 2 heterocycles. The summed E-state index contributed by atoms with van der Waals surface area (Å²) in [6, 6.07) is 84.7. The molecule has 3 nitrogen and oxygen atoms in total. The van der Waals surface area contributed by atoms with E-state index in [4.69, 9.17) is 5.10 Å². The maximum Gasteiger partial charge on any atom is 0.0934 e. The molecule has 11 rings (SSSR count). The van der Waals surface area contributed by atoms with Crippen LogP contribution in [0.25, 0.3) is 100 Å². The fourth-order valence-electron chi connectivity index (χ4n) is 8.72. The Kier molecular flexibility index (Phi) is 8.83. The second-order valence-corrected chi connectivity index (χ2v) is 15.2. The predicted molar refractivity (Wildman–Crippen MR) is 251 cm³/mol. The molecule has 3 heteroatoms. The maximum absolute atomic E-state index is 5.13. The average Bonchev–Trinajstić information content (AvgIpc) is 3.93. The molecular weight excluding hydrogens is 727 g/mol. The maximum atomic E-state index is 5.13. The third kappa shape index (κ3) is 6.30. The van der Waals surface area contributed by atoms with Crippen molar-refractivity contribution in [1.82, 2.24) is 14.3 Å². The molecule has 2 aromatic heterocycles. The van der Waals surface area contributed by atoms with Gasteiger partial charge < -0.3 is 4.57 Å². The van der Waals surface area contributed by atoms with E-state index < -0.39 is 0 Å². The van der Waals surface area contributed by atoms with Gasteiger partial charge in [-0.15, -0.1) is 0 Å². The van der Waals surface area contributed by atoms with E-state index in [1.54, 1.807) is 0 Å². The van der Waals surface area contributed by atoms with Crippen LogP contribution in [-0.4, -0.2) is 14.3 Å². The summed E-state index contributed by atoms with van der Waals surface area (Å²) in [6.07, 6.45) is 0. The van der Waals surface area contributed by atoms with Crippen LogP contribution in [0, 0.1) is 0 Å². The minimum atomic E-state index is 0.944. The molecule has 0 aliphatic carbocycles.